The molecule has 1 aliphatic rings. The molecule has 4 heteroatoms. The van der Waals surface area contributed by atoms with Crippen LogP contribution in [-0.4, -0.2) is 24.8 Å². The van der Waals surface area contributed by atoms with Crippen molar-refractivity contribution in [2.75, 3.05) is 6.61 Å². The first kappa shape index (κ1) is 27.7. The van der Waals surface area contributed by atoms with Crippen LogP contribution in [0.25, 0.3) is 0 Å². The molecule has 0 saturated carbocycles. The Labute approximate surface area is 217 Å². The summed E-state index contributed by atoms with van der Waals surface area (Å²) in [6.45, 7) is 7.29. The number of benzene rings is 2. The van der Waals surface area contributed by atoms with Crippen molar-refractivity contribution >= 4 is 5.78 Å². The van der Waals surface area contributed by atoms with Gasteiger partial charge in [0.25, 0.3) is 0 Å². The summed E-state index contributed by atoms with van der Waals surface area (Å²) in [6, 6.07) is 15.6. The molecule has 192 valence electrons. The summed E-state index contributed by atoms with van der Waals surface area (Å²) in [7, 11) is 0. The van der Waals surface area contributed by atoms with E-state index in [0.29, 0.717) is 30.8 Å². The van der Waals surface area contributed by atoms with Crippen LogP contribution in [0.3, 0.4) is 0 Å². The van der Waals surface area contributed by atoms with Crippen LogP contribution in [0.5, 0.6) is 5.75 Å². The minimum atomic E-state index is -0.184. The smallest absolute Gasteiger partial charge is 0.236 e. The molecule has 1 aliphatic heterocycles. The van der Waals surface area contributed by atoms with E-state index in [2.05, 4.69) is 25.3 Å². The van der Waals surface area contributed by atoms with Gasteiger partial charge in [0.05, 0.1) is 6.10 Å². The predicted octanol–water partition coefficient (Wildman–Crippen LogP) is 7.45. The number of Topliss-reactive ketones (excluding diaryl/α,β-unsaturated/α-hetero) is 1. The van der Waals surface area contributed by atoms with Crippen LogP contribution in [0.2, 0.25) is 0 Å². The second-order valence-corrected chi connectivity index (χ2v) is 9.27. The zero-order chi connectivity index (χ0) is 25.4. The molecule has 2 aromatic rings. The van der Waals surface area contributed by atoms with Crippen LogP contribution >= 0.6 is 0 Å². The van der Waals surface area contributed by atoms with Gasteiger partial charge in [0.2, 0.25) is 5.78 Å². The van der Waals surface area contributed by atoms with Gasteiger partial charge in [-0.05, 0) is 62.1 Å². The lowest BCUT2D eigenvalue weighted by Gasteiger charge is -2.27. The summed E-state index contributed by atoms with van der Waals surface area (Å²) in [5, 5.41) is 0. The molecule has 1 unspecified atom stereocenters. The molecular formula is C32H40O4. The zero-order valence-electron chi connectivity index (χ0n) is 21.7. The highest BCUT2D eigenvalue weighted by molar-refractivity contribution is 6.10. The first-order valence-corrected chi connectivity index (χ1v) is 13.4. The maximum atomic E-state index is 13.0. The van der Waals surface area contributed by atoms with Gasteiger partial charge in [-0.2, -0.15) is 0 Å². The van der Waals surface area contributed by atoms with Gasteiger partial charge >= 0.3 is 0 Å². The number of hydrogen-bond donors (Lipinski definition) is 0. The Morgan fingerprint density at radius 3 is 2.75 bits per heavy atom. The molecule has 0 amide bonds. The molecule has 2 atom stereocenters. The highest BCUT2D eigenvalue weighted by Crippen LogP contribution is 2.25. The standard InChI is InChI=1S/C32H40O4/c1-3-5-7-18-27(36-32-23-12-13-24-34-32)19-10-11-21-30(33)28-20-14-22-31(29(28)15-4-2)35-25-26-16-8-6-9-17-26/h4,6,8-9,14,16-17,20,22,27,32H,2-3,5,7,10,12-13,15,18-19,23-25H2,1H3/t27-,32?/m0/s1. The van der Waals surface area contributed by atoms with Gasteiger partial charge in [0.1, 0.15) is 12.4 Å². The van der Waals surface area contributed by atoms with Crippen molar-refractivity contribution in [1.29, 1.82) is 0 Å². The second-order valence-electron chi connectivity index (χ2n) is 9.27. The Bertz CT molecular complexity index is 996. The number of rotatable bonds is 14. The summed E-state index contributed by atoms with van der Waals surface area (Å²) in [4.78, 5) is 13.0. The molecule has 2 aromatic carbocycles. The van der Waals surface area contributed by atoms with E-state index in [-0.39, 0.29) is 18.2 Å². The van der Waals surface area contributed by atoms with Crippen molar-refractivity contribution in [1.82, 2.24) is 0 Å². The predicted molar refractivity (Wildman–Crippen MR) is 145 cm³/mol. The molecule has 0 N–H and O–H groups in total. The monoisotopic (exact) mass is 488 g/mol. The number of ether oxygens (including phenoxy) is 3. The quantitative estimate of drug-likeness (QED) is 0.0910. The Balaban J connectivity index is 1.61. The summed E-state index contributed by atoms with van der Waals surface area (Å²) < 4.78 is 18.1. The normalized spacial score (nSPS) is 16.0. The third kappa shape index (κ3) is 9.30. The molecule has 0 radical (unpaired) electrons. The lowest BCUT2D eigenvalue weighted by atomic mass is 9.99. The lowest BCUT2D eigenvalue weighted by Crippen LogP contribution is -2.28. The first-order valence-electron chi connectivity index (χ1n) is 13.4. The fourth-order valence-electron chi connectivity index (χ4n) is 4.38. The van der Waals surface area contributed by atoms with Crippen LogP contribution in [0, 0.1) is 11.8 Å². The molecule has 0 bridgehead atoms. The Hall–Kier alpha value is -2.87. The third-order valence-corrected chi connectivity index (χ3v) is 6.37. The van der Waals surface area contributed by atoms with E-state index in [1.165, 1.54) is 12.8 Å². The van der Waals surface area contributed by atoms with Crippen molar-refractivity contribution < 1.29 is 19.0 Å². The Kier molecular flexibility index (Phi) is 12.3. The van der Waals surface area contributed by atoms with E-state index in [0.717, 1.165) is 56.3 Å². The van der Waals surface area contributed by atoms with Crippen molar-refractivity contribution in [3.8, 4) is 17.6 Å². The number of ketones is 1. The number of allylic oxidation sites excluding steroid dienone is 1. The average Bonchev–Trinajstić information content (AvgIpc) is 2.91. The lowest BCUT2D eigenvalue weighted by molar-refractivity contribution is -0.190. The van der Waals surface area contributed by atoms with E-state index in [1.807, 2.05) is 48.5 Å². The zero-order valence-corrected chi connectivity index (χ0v) is 21.7. The van der Waals surface area contributed by atoms with Gasteiger partial charge in [0, 0.05) is 24.2 Å². The number of carbonyl (C=O) groups excluding carboxylic acids is 1. The van der Waals surface area contributed by atoms with Crippen molar-refractivity contribution in [2.45, 2.75) is 90.1 Å². The van der Waals surface area contributed by atoms with Crippen LogP contribution in [0.4, 0.5) is 0 Å². The molecular weight excluding hydrogens is 448 g/mol. The van der Waals surface area contributed by atoms with Gasteiger partial charge < -0.3 is 14.2 Å². The highest BCUT2D eigenvalue weighted by Gasteiger charge is 2.19. The van der Waals surface area contributed by atoms with Crippen LogP contribution in [-0.2, 0) is 22.5 Å². The number of hydrogen-bond acceptors (Lipinski definition) is 4. The van der Waals surface area contributed by atoms with Crippen molar-refractivity contribution in [2.24, 2.45) is 0 Å². The molecule has 0 spiro atoms. The largest absolute Gasteiger partial charge is 0.489 e. The third-order valence-electron chi connectivity index (χ3n) is 6.37. The van der Waals surface area contributed by atoms with Gasteiger partial charge in [-0.3, -0.25) is 4.79 Å². The van der Waals surface area contributed by atoms with E-state index in [4.69, 9.17) is 14.2 Å². The topological polar surface area (TPSA) is 44.8 Å². The molecule has 1 saturated heterocycles. The minimum absolute atomic E-state index is 0.0972. The van der Waals surface area contributed by atoms with Crippen molar-refractivity contribution in [3.63, 3.8) is 0 Å². The maximum absolute atomic E-state index is 13.0. The molecule has 3 rings (SSSR count). The average molecular weight is 489 g/mol. The molecule has 1 heterocycles. The maximum Gasteiger partial charge on any atom is 0.236 e. The highest BCUT2D eigenvalue weighted by atomic mass is 16.7. The van der Waals surface area contributed by atoms with Gasteiger partial charge in [-0.1, -0.05) is 74.6 Å². The Morgan fingerprint density at radius 1 is 1.14 bits per heavy atom. The molecule has 0 aromatic heterocycles. The van der Waals surface area contributed by atoms with Crippen LogP contribution in [0.1, 0.15) is 86.2 Å². The van der Waals surface area contributed by atoms with E-state index >= 15 is 0 Å². The van der Waals surface area contributed by atoms with Gasteiger partial charge in [0.15, 0.2) is 6.29 Å². The summed E-state index contributed by atoms with van der Waals surface area (Å²) in [6.07, 6.45) is 11.5. The SMILES string of the molecule is C=CCc1c(OCc2ccccc2)cccc1C(=O)C#CCC[C@H](CCCCC)OC1CCCCO1. The van der Waals surface area contributed by atoms with Crippen molar-refractivity contribution in [3.05, 3.63) is 77.9 Å². The van der Waals surface area contributed by atoms with Crippen LogP contribution < -0.4 is 4.74 Å². The van der Waals surface area contributed by atoms with E-state index < -0.39 is 0 Å². The molecule has 4 nitrogen and oxygen atoms in total. The Morgan fingerprint density at radius 2 is 2.00 bits per heavy atom. The van der Waals surface area contributed by atoms with E-state index in [9.17, 15) is 4.79 Å². The summed E-state index contributed by atoms with van der Waals surface area (Å²) >= 11 is 0. The number of unbranched alkanes of at least 4 members (excludes halogenated alkanes) is 2. The number of carbonyl (C=O) groups is 1. The fourth-order valence-corrected chi connectivity index (χ4v) is 4.38. The summed E-state index contributed by atoms with van der Waals surface area (Å²) in [5.74, 6) is 6.47. The first-order chi connectivity index (χ1) is 17.7. The fraction of sp³-hybridized carbons (Fsp3) is 0.469. The summed E-state index contributed by atoms with van der Waals surface area (Å²) in [5.41, 5.74) is 2.49. The molecule has 36 heavy (non-hydrogen) atoms. The van der Waals surface area contributed by atoms with Gasteiger partial charge in [-0.25, -0.2) is 0 Å². The van der Waals surface area contributed by atoms with Crippen LogP contribution in [0.15, 0.2) is 61.2 Å². The molecule has 1 fully saturated rings. The minimum Gasteiger partial charge on any atom is -0.489 e. The van der Waals surface area contributed by atoms with Gasteiger partial charge in [-0.15, -0.1) is 6.58 Å². The molecule has 0 aliphatic carbocycles. The van der Waals surface area contributed by atoms with E-state index in [1.54, 1.807) is 6.08 Å². The second kappa shape index (κ2) is 16.0.